The summed E-state index contributed by atoms with van der Waals surface area (Å²) in [4.78, 5) is 27.5. The zero-order chi connectivity index (χ0) is 10.0. The lowest BCUT2D eigenvalue weighted by molar-refractivity contribution is 0.245. The lowest BCUT2D eigenvalue weighted by Crippen LogP contribution is -2.30. The first-order valence-corrected chi connectivity index (χ1v) is 4.33. The van der Waals surface area contributed by atoms with Crippen molar-refractivity contribution in [1.82, 2.24) is 14.3 Å². The Balaban J connectivity index is 3.11. The minimum Gasteiger partial charge on any atom is -0.353 e. The molecule has 6 nitrogen and oxygen atoms in total. The maximum Gasteiger partial charge on any atom is 0.368 e. The van der Waals surface area contributed by atoms with E-state index >= 15 is 0 Å². The maximum absolute atomic E-state index is 11.1. The molecular formula is C6H10N4O2S. The van der Waals surface area contributed by atoms with E-state index in [2.05, 4.69) is 10.3 Å². The van der Waals surface area contributed by atoms with Crippen LogP contribution in [0.25, 0.3) is 0 Å². The van der Waals surface area contributed by atoms with Crippen LogP contribution >= 0.6 is 11.5 Å². The lowest BCUT2D eigenvalue weighted by atomic mass is 10.9. The Morgan fingerprint density at radius 1 is 1.62 bits per heavy atom. The first-order chi connectivity index (χ1) is 6.06. The molecule has 1 rings (SSSR count). The third-order valence-electron chi connectivity index (χ3n) is 1.32. The van der Waals surface area contributed by atoms with E-state index in [-0.39, 0.29) is 0 Å². The molecule has 72 valence electrons. The van der Waals surface area contributed by atoms with Crippen LogP contribution in [0, 0.1) is 0 Å². The van der Waals surface area contributed by atoms with Gasteiger partial charge >= 0.3 is 11.7 Å². The highest BCUT2D eigenvalue weighted by Crippen LogP contribution is 2.10. The Hall–Kier alpha value is -1.37. The van der Waals surface area contributed by atoms with Crippen LogP contribution in [0.4, 0.5) is 9.93 Å². The van der Waals surface area contributed by atoms with Crippen molar-refractivity contribution in [2.75, 3.05) is 26.0 Å². The highest BCUT2D eigenvalue weighted by atomic mass is 32.1. The van der Waals surface area contributed by atoms with Crippen molar-refractivity contribution in [3.8, 4) is 0 Å². The van der Waals surface area contributed by atoms with Crippen LogP contribution in [0.5, 0.6) is 0 Å². The predicted octanol–water partition coefficient (Wildman–Crippen LogP) is -0.442. The average Bonchev–Trinajstić information content (AvgIpc) is 2.46. The molecule has 0 aliphatic rings. The molecule has 0 bridgehead atoms. The zero-order valence-corrected chi connectivity index (χ0v) is 8.38. The molecule has 0 radical (unpaired) electrons. The summed E-state index contributed by atoms with van der Waals surface area (Å²) in [6.45, 7) is 0. The van der Waals surface area contributed by atoms with Crippen LogP contribution in [0.3, 0.4) is 0 Å². The molecule has 0 spiro atoms. The van der Waals surface area contributed by atoms with Gasteiger partial charge in [0.15, 0.2) is 0 Å². The molecule has 1 heterocycles. The molecule has 0 saturated heterocycles. The maximum atomic E-state index is 11.1. The van der Waals surface area contributed by atoms with Gasteiger partial charge < -0.3 is 10.2 Å². The number of hydrogen-bond donors (Lipinski definition) is 1. The number of carbonyl (C=O) groups excluding carboxylic acids is 1. The van der Waals surface area contributed by atoms with Crippen LogP contribution in [0.2, 0.25) is 0 Å². The van der Waals surface area contributed by atoms with Crippen molar-refractivity contribution in [1.29, 1.82) is 0 Å². The molecule has 0 aliphatic carbocycles. The molecule has 0 atom stereocenters. The molecular weight excluding hydrogens is 192 g/mol. The Labute approximate surface area is 79.0 Å². The summed E-state index contributed by atoms with van der Waals surface area (Å²) in [7, 11) is 4.97. The summed E-state index contributed by atoms with van der Waals surface area (Å²) >= 11 is 1.01. The molecule has 1 aromatic rings. The Morgan fingerprint density at radius 3 is 2.62 bits per heavy atom. The number of amides is 1. The number of carbonyl (C=O) groups is 1. The van der Waals surface area contributed by atoms with Crippen LogP contribution < -0.4 is 15.9 Å². The van der Waals surface area contributed by atoms with Crippen molar-refractivity contribution >= 4 is 22.7 Å². The third-order valence-corrected chi connectivity index (χ3v) is 2.44. The quantitative estimate of drug-likeness (QED) is 0.670. The molecule has 0 fully saturated rings. The summed E-state index contributed by atoms with van der Waals surface area (Å²) in [6.07, 6.45) is 0. The first kappa shape index (κ1) is 9.72. The van der Waals surface area contributed by atoms with Gasteiger partial charge in [-0.15, -0.1) is 0 Å². The zero-order valence-electron chi connectivity index (χ0n) is 7.57. The van der Waals surface area contributed by atoms with Gasteiger partial charge in [-0.25, -0.2) is 9.59 Å². The molecule has 1 aromatic heterocycles. The molecule has 0 aromatic carbocycles. The van der Waals surface area contributed by atoms with Gasteiger partial charge in [-0.2, -0.15) is 8.94 Å². The predicted molar refractivity (Wildman–Crippen MR) is 50.6 cm³/mol. The van der Waals surface area contributed by atoms with Crippen LogP contribution in [0.15, 0.2) is 4.79 Å². The molecule has 13 heavy (non-hydrogen) atoms. The van der Waals surface area contributed by atoms with Gasteiger partial charge in [-0.05, 0) is 11.5 Å². The van der Waals surface area contributed by atoms with Gasteiger partial charge in [-0.3, -0.25) is 0 Å². The van der Waals surface area contributed by atoms with Gasteiger partial charge in [0.25, 0.3) is 0 Å². The fourth-order valence-electron chi connectivity index (χ4n) is 0.680. The minimum absolute atomic E-state index is 0.462. The van der Waals surface area contributed by atoms with Crippen molar-refractivity contribution < 1.29 is 4.79 Å². The van der Waals surface area contributed by atoms with Crippen LogP contribution in [-0.2, 0) is 0 Å². The molecule has 0 saturated carbocycles. The molecule has 0 aliphatic heterocycles. The average molecular weight is 202 g/mol. The van der Waals surface area contributed by atoms with E-state index < -0.39 is 11.7 Å². The van der Waals surface area contributed by atoms with Crippen LogP contribution in [-0.4, -0.2) is 36.1 Å². The van der Waals surface area contributed by atoms with E-state index in [9.17, 15) is 9.59 Å². The van der Waals surface area contributed by atoms with E-state index in [1.807, 2.05) is 0 Å². The Bertz CT molecular complexity index is 367. The summed E-state index contributed by atoms with van der Waals surface area (Å²) in [5, 5.41) is 2.86. The topological polar surface area (TPSA) is 67.2 Å². The molecule has 7 heteroatoms. The number of hydrogen-bond acceptors (Lipinski definition) is 5. The van der Waals surface area contributed by atoms with E-state index in [0.717, 1.165) is 15.5 Å². The minimum atomic E-state index is -0.548. The standard InChI is InChI=1S/C6H10N4O2S/c1-7-4(11)10-5(12)8-6(13-10)9(2)3/h1-3H3,(H,7,11). The number of nitrogens with zero attached hydrogens (tertiary/aromatic N) is 3. The van der Waals surface area contributed by atoms with E-state index in [4.69, 9.17) is 0 Å². The van der Waals surface area contributed by atoms with Crippen molar-refractivity contribution in [2.45, 2.75) is 0 Å². The summed E-state index contributed by atoms with van der Waals surface area (Å²) < 4.78 is 0.968. The number of aromatic nitrogens is 2. The van der Waals surface area contributed by atoms with E-state index in [1.165, 1.54) is 7.05 Å². The normalized spacial score (nSPS) is 9.77. The monoisotopic (exact) mass is 202 g/mol. The van der Waals surface area contributed by atoms with Gasteiger partial charge in [0.05, 0.1) is 0 Å². The summed E-state index contributed by atoms with van der Waals surface area (Å²) in [5.74, 6) is 0. The molecule has 1 amide bonds. The van der Waals surface area contributed by atoms with E-state index in [0.29, 0.717) is 5.13 Å². The molecule has 1 N–H and O–H groups in total. The third kappa shape index (κ3) is 1.86. The van der Waals surface area contributed by atoms with Gasteiger partial charge in [0.2, 0.25) is 5.13 Å². The van der Waals surface area contributed by atoms with Gasteiger partial charge in [-0.1, -0.05) is 0 Å². The Morgan fingerprint density at radius 2 is 2.23 bits per heavy atom. The smallest absolute Gasteiger partial charge is 0.353 e. The second-order valence-electron chi connectivity index (χ2n) is 2.51. The fraction of sp³-hybridized carbons (Fsp3) is 0.500. The van der Waals surface area contributed by atoms with Crippen molar-refractivity contribution in [3.63, 3.8) is 0 Å². The highest BCUT2D eigenvalue weighted by molar-refractivity contribution is 7.11. The number of anilines is 1. The SMILES string of the molecule is CNC(=O)n1sc(N(C)C)nc1=O. The lowest BCUT2D eigenvalue weighted by Gasteiger charge is -2.04. The summed E-state index contributed by atoms with van der Waals surface area (Å²) in [6, 6.07) is -0.462. The fourth-order valence-corrected chi connectivity index (χ4v) is 1.42. The Kier molecular flexibility index (Phi) is 2.66. The second kappa shape index (κ2) is 3.56. The van der Waals surface area contributed by atoms with E-state index in [1.54, 1.807) is 19.0 Å². The second-order valence-corrected chi connectivity index (χ2v) is 3.43. The highest BCUT2D eigenvalue weighted by Gasteiger charge is 2.12. The van der Waals surface area contributed by atoms with Gasteiger partial charge in [0.1, 0.15) is 0 Å². The number of nitrogens with one attached hydrogen (secondary N) is 1. The van der Waals surface area contributed by atoms with Crippen LogP contribution in [0.1, 0.15) is 0 Å². The summed E-state index contributed by atoms with van der Waals surface area (Å²) in [5.41, 5.74) is -0.548. The molecule has 0 unspecified atom stereocenters. The van der Waals surface area contributed by atoms with Gasteiger partial charge in [0, 0.05) is 21.1 Å². The van der Waals surface area contributed by atoms with Crippen molar-refractivity contribution in [3.05, 3.63) is 10.5 Å². The first-order valence-electron chi connectivity index (χ1n) is 3.56. The number of rotatable bonds is 1. The van der Waals surface area contributed by atoms with Crippen molar-refractivity contribution in [2.24, 2.45) is 0 Å². The largest absolute Gasteiger partial charge is 0.368 e.